The fraction of sp³-hybridized carbons (Fsp3) is 0.467. The fourth-order valence-corrected chi connectivity index (χ4v) is 2.77. The van der Waals surface area contributed by atoms with Gasteiger partial charge < -0.3 is 10.0 Å². The first-order valence-electron chi connectivity index (χ1n) is 6.80. The van der Waals surface area contributed by atoms with Gasteiger partial charge >= 0.3 is 5.97 Å². The van der Waals surface area contributed by atoms with Gasteiger partial charge in [0.1, 0.15) is 17.4 Å². The summed E-state index contributed by atoms with van der Waals surface area (Å²) >= 11 is 0. The summed E-state index contributed by atoms with van der Waals surface area (Å²) in [5.74, 6) is -1.34. The lowest BCUT2D eigenvalue weighted by atomic mass is 9.96. The van der Waals surface area contributed by atoms with Gasteiger partial charge in [-0.15, -0.1) is 0 Å². The van der Waals surface area contributed by atoms with Crippen LogP contribution in [-0.4, -0.2) is 23.7 Å². The molecule has 0 spiro atoms. The summed E-state index contributed by atoms with van der Waals surface area (Å²) in [6, 6.07) is 6.58. The number of halogens is 1. The standard InChI is InChI=1S/C15H17FN2O2/c16-13-5-3-6-14(12(13)10-17)18-9-2-1-4-11(18)7-8-15(19)20/h3,5-6,11H,1-2,4,7-9H2,(H,19,20). The van der Waals surface area contributed by atoms with Crippen LogP contribution in [0.1, 0.15) is 37.7 Å². The normalized spacial score (nSPS) is 18.6. The molecule has 20 heavy (non-hydrogen) atoms. The molecule has 0 aliphatic carbocycles. The van der Waals surface area contributed by atoms with Crippen molar-refractivity contribution in [2.75, 3.05) is 11.4 Å². The van der Waals surface area contributed by atoms with Gasteiger partial charge in [-0.2, -0.15) is 5.26 Å². The Morgan fingerprint density at radius 1 is 1.50 bits per heavy atom. The van der Waals surface area contributed by atoms with Crippen LogP contribution in [0.3, 0.4) is 0 Å². The number of benzene rings is 1. The van der Waals surface area contributed by atoms with Gasteiger partial charge in [0.05, 0.1) is 5.69 Å². The quantitative estimate of drug-likeness (QED) is 0.918. The maximum absolute atomic E-state index is 13.7. The second-order valence-electron chi connectivity index (χ2n) is 5.02. The Morgan fingerprint density at radius 3 is 3.00 bits per heavy atom. The van der Waals surface area contributed by atoms with Crippen LogP contribution in [0.4, 0.5) is 10.1 Å². The number of carboxylic acid groups (broad SMARTS) is 1. The number of carbonyl (C=O) groups is 1. The molecule has 1 aliphatic heterocycles. The van der Waals surface area contributed by atoms with Gasteiger partial charge in [-0.05, 0) is 37.8 Å². The first kappa shape index (κ1) is 14.3. The van der Waals surface area contributed by atoms with Crippen LogP contribution in [0.25, 0.3) is 0 Å². The zero-order valence-corrected chi connectivity index (χ0v) is 11.2. The molecule has 1 aromatic carbocycles. The molecule has 4 nitrogen and oxygen atoms in total. The Hall–Kier alpha value is -2.09. The average Bonchev–Trinajstić information content (AvgIpc) is 2.45. The third kappa shape index (κ3) is 3.08. The summed E-state index contributed by atoms with van der Waals surface area (Å²) in [4.78, 5) is 12.7. The van der Waals surface area contributed by atoms with Gasteiger partial charge in [-0.3, -0.25) is 4.79 Å². The van der Waals surface area contributed by atoms with Gasteiger partial charge in [0.15, 0.2) is 0 Å². The van der Waals surface area contributed by atoms with E-state index in [1.54, 1.807) is 12.1 Å². The topological polar surface area (TPSA) is 64.3 Å². The summed E-state index contributed by atoms with van der Waals surface area (Å²) in [6.45, 7) is 0.739. The average molecular weight is 276 g/mol. The Bertz CT molecular complexity index is 539. The van der Waals surface area contributed by atoms with Gasteiger partial charge in [-0.1, -0.05) is 6.07 Å². The number of nitriles is 1. The Balaban J connectivity index is 2.26. The number of rotatable bonds is 4. The van der Waals surface area contributed by atoms with Crippen LogP contribution in [0, 0.1) is 17.1 Å². The fourth-order valence-electron chi connectivity index (χ4n) is 2.77. The van der Waals surface area contributed by atoms with E-state index >= 15 is 0 Å². The minimum absolute atomic E-state index is 0.0507. The number of hydrogen-bond donors (Lipinski definition) is 1. The zero-order valence-electron chi connectivity index (χ0n) is 11.2. The molecule has 0 saturated carbocycles. The number of nitrogens with zero attached hydrogens (tertiary/aromatic N) is 2. The maximum Gasteiger partial charge on any atom is 0.303 e. The second kappa shape index (κ2) is 6.38. The van der Waals surface area contributed by atoms with Crippen molar-refractivity contribution in [2.24, 2.45) is 0 Å². The first-order valence-corrected chi connectivity index (χ1v) is 6.80. The number of aliphatic carboxylic acids is 1. The van der Waals surface area contributed by atoms with Crippen molar-refractivity contribution in [2.45, 2.75) is 38.1 Å². The molecule has 1 heterocycles. The lowest BCUT2D eigenvalue weighted by molar-refractivity contribution is -0.137. The third-order valence-corrected chi connectivity index (χ3v) is 3.73. The molecule has 0 bridgehead atoms. The Kier molecular flexibility index (Phi) is 4.57. The van der Waals surface area contributed by atoms with Gasteiger partial charge in [0, 0.05) is 19.0 Å². The van der Waals surface area contributed by atoms with Crippen molar-refractivity contribution in [1.82, 2.24) is 0 Å². The monoisotopic (exact) mass is 276 g/mol. The molecule has 0 aromatic heterocycles. The summed E-state index contributed by atoms with van der Waals surface area (Å²) < 4.78 is 13.7. The number of carboxylic acids is 1. The van der Waals surface area contributed by atoms with E-state index in [-0.39, 0.29) is 18.0 Å². The lowest BCUT2D eigenvalue weighted by Crippen LogP contribution is -2.40. The maximum atomic E-state index is 13.7. The van der Waals surface area contributed by atoms with Gasteiger partial charge in [0.2, 0.25) is 0 Å². The third-order valence-electron chi connectivity index (χ3n) is 3.73. The van der Waals surface area contributed by atoms with Crippen LogP contribution < -0.4 is 4.90 Å². The minimum Gasteiger partial charge on any atom is -0.481 e. The molecule has 1 aromatic rings. The van der Waals surface area contributed by atoms with Crippen LogP contribution in [0.2, 0.25) is 0 Å². The van der Waals surface area contributed by atoms with Crippen molar-refractivity contribution in [3.05, 3.63) is 29.6 Å². The summed E-state index contributed by atoms with van der Waals surface area (Å²) in [7, 11) is 0. The molecule has 106 valence electrons. The summed E-state index contributed by atoms with van der Waals surface area (Å²) in [5, 5.41) is 17.9. The van der Waals surface area contributed by atoms with Gasteiger partial charge in [-0.25, -0.2) is 4.39 Å². The van der Waals surface area contributed by atoms with E-state index in [1.165, 1.54) is 6.07 Å². The first-order chi connectivity index (χ1) is 9.63. The van der Waals surface area contributed by atoms with Crippen molar-refractivity contribution >= 4 is 11.7 Å². The molecule has 1 fully saturated rings. The molecule has 1 atom stereocenters. The van der Waals surface area contributed by atoms with Crippen molar-refractivity contribution < 1.29 is 14.3 Å². The predicted octanol–water partition coefficient (Wildman–Crippen LogP) is 2.92. The smallest absolute Gasteiger partial charge is 0.303 e. The molecule has 0 amide bonds. The second-order valence-corrected chi connectivity index (χ2v) is 5.02. The highest BCUT2D eigenvalue weighted by atomic mass is 19.1. The van der Waals surface area contributed by atoms with E-state index in [4.69, 9.17) is 10.4 Å². The highest BCUT2D eigenvalue weighted by Crippen LogP contribution is 2.30. The van der Waals surface area contributed by atoms with E-state index in [0.29, 0.717) is 12.1 Å². The Labute approximate surface area is 117 Å². The molecule has 1 unspecified atom stereocenters. The SMILES string of the molecule is N#Cc1c(F)cccc1N1CCCCC1CCC(=O)O. The number of hydrogen-bond acceptors (Lipinski definition) is 3. The van der Waals surface area contributed by atoms with Crippen LogP contribution >= 0.6 is 0 Å². The largest absolute Gasteiger partial charge is 0.481 e. The van der Waals surface area contributed by atoms with Crippen LogP contribution in [0.15, 0.2) is 18.2 Å². The molecule has 1 saturated heterocycles. The van der Waals surface area contributed by atoms with E-state index in [2.05, 4.69) is 0 Å². The molecule has 0 radical (unpaired) electrons. The van der Waals surface area contributed by atoms with E-state index in [9.17, 15) is 9.18 Å². The summed E-state index contributed by atoms with van der Waals surface area (Å²) in [5.41, 5.74) is 0.636. The number of anilines is 1. The van der Waals surface area contributed by atoms with Crippen molar-refractivity contribution in [1.29, 1.82) is 5.26 Å². The molecule has 2 rings (SSSR count). The highest BCUT2D eigenvalue weighted by molar-refractivity contribution is 5.67. The lowest BCUT2D eigenvalue weighted by Gasteiger charge is -2.38. The highest BCUT2D eigenvalue weighted by Gasteiger charge is 2.25. The molecule has 5 heteroatoms. The van der Waals surface area contributed by atoms with E-state index in [1.807, 2.05) is 11.0 Å². The minimum atomic E-state index is -0.824. The van der Waals surface area contributed by atoms with Crippen LogP contribution in [-0.2, 0) is 4.79 Å². The molecular weight excluding hydrogens is 259 g/mol. The van der Waals surface area contributed by atoms with Crippen molar-refractivity contribution in [3.63, 3.8) is 0 Å². The number of piperidine rings is 1. The zero-order chi connectivity index (χ0) is 14.5. The molecule has 1 aliphatic rings. The predicted molar refractivity (Wildman–Crippen MR) is 73.0 cm³/mol. The van der Waals surface area contributed by atoms with E-state index in [0.717, 1.165) is 25.8 Å². The van der Waals surface area contributed by atoms with E-state index < -0.39 is 11.8 Å². The van der Waals surface area contributed by atoms with Gasteiger partial charge in [0.25, 0.3) is 0 Å². The van der Waals surface area contributed by atoms with Crippen molar-refractivity contribution in [3.8, 4) is 6.07 Å². The summed E-state index contributed by atoms with van der Waals surface area (Å²) in [6.07, 6.45) is 3.52. The Morgan fingerprint density at radius 2 is 2.30 bits per heavy atom. The van der Waals surface area contributed by atoms with Crippen LogP contribution in [0.5, 0.6) is 0 Å². The molecular formula is C15H17FN2O2. The molecule has 1 N–H and O–H groups in total.